The summed E-state index contributed by atoms with van der Waals surface area (Å²) in [6, 6.07) is 1.96. The van der Waals surface area contributed by atoms with Crippen LogP contribution in [0.25, 0.3) is 0 Å². The number of hydrogen-bond donors (Lipinski definition) is 1. The van der Waals surface area contributed by atoms with Gasteiger partial charge in [0, 0.05) is 31.2 Å². The van der Waals surface area contributed by atoms with Crippen LogP contribution in [0.4, 0.5) is 0 Å². The van der Waals surface area contributed by atoms with Crippen LogP contribution < -0.4 is 5.73 Å². The predicted molar refractivity (Wildman–Crippen MR) is 75.6 cm³/mol. The number of piperidine rings is 1. The zero-order valence-corrected chi connectivity index (χ0v) is 11.7. The lowest BCUT2D eigenvalue weighted by Gasteiger charge is -2.37. The van der Waals surface area contributed by atoms with Crippen molar-refractivity contribution in [1.82, 2.24) is 9.80 Å². The SMILES string of the molecule is NC1CCCCC1N1CCC(N2CCCCC2)C1. The fourth-order valence-corrected chi connectivity index (χ4v) is 4.24. The molecule has 0 radical (unpaired) electrons. The van der Waals surface area contributed by atoms with Gasteiger partial charge < -0.3 is 5.73 Å². The van der Waals surface area contributed by atoms with Crippen LogP contribution in [0.3, 0.4) is 0 Å². The van der Waals surface area contributed by atoms with Crippen molar-refractivity contribution in [3.63, 3.8) is 0 Å². The van der Waals surface area contributed by atoms with Crippen molar-refractivity contribution in [3.05, 3.63) is 0 Å². The van der Waals surface area contributed by atoms with E-state index in [-0.39, 0.29) is 0 Å². The molecule has 0 aromatic heterocycles. The molecule has 0 aromatic rings. The largest absolute Gasteiger partial charge is 0.326 e. The molecule has 3 unspecified atom stereocenters. The molecule has 0 aromatic carbocycles. The first-order valence-corrected chi connectivity index (χ1v) is 8.08. The van der Waals surface area contributed by atoms with Crippen LogP contribution in [-0.2, 0) is 0 Å². The van der Waals surface area contributed by atoms with Crippen LogP contribution in [0.1, 0.15) is 51.4 Å². The third-order valence-corrected chi connectivity index (χ3v) is 5.35. The van der Waals surface area contributed by atoms with Gasteiger partial charge >= 0.3 is 0 Å². The van der Waals surface area contributed by atoms with Gasteiger partial charge in [-0.1, -0.05) is 19.3 Å². The van der Waals surface area contributed by atoms with Gasteiger partial charge in [-0.3, -0.25) is 9.80 Å². The fourth-order valence-electron chi connectivity index (χ4n) is 4.24. The number of nitrogens with two attached hydrogens (primary N) is 1. The minimum absolute atomic E-state index is 0.443. The Bertz CT molecular complexity index is 262. The molecule has 18 heavy (non-hydrogen) atoms. The Morgan fingerprint density at radius 1 is 0.722 bits per heavy atom. The van der Waals surface area contributed by atoms with Gasteiger partial charge in [0.2, 0.25) is 0 Å². The van der Waals surface area contributed by atoms with E-state index in [0.717, 1.165) is 6.04 Å². The van der Waals surface area contributed by atoms with Gasteiger partial charge in [-0.2, -0.15) is 0 Å². The molecular weight excluding hydrogens is 222 g/mol. The molecule has 1 aliphatic carbocycles. The summed E-state index contributed by atoms with van der Waals surface area (Å²) in [5.41, 5.74) is 6.33. The Hall–Kier alpha value is -0.120. The van der Waals surface area contributed by atoms with E-state index in [1.54, 1.807) is 0 Å². The zero-order valence-electron chi connectivity index (χ0n) is 11.7. The minimum atomic E-state index is 0.443. The Labute approximate surface area is 112 Å². The molecule has 0 spiro atoms. The van der Waals surface area contributed by atoms with Gasteiger partial charge in [0.25, 0.3) is 0 Å². The summed E-state index contributed by atoms with van der Waals surface area (Å²) in [5, 5.41) is 0. The van der Waals surface area contributed by atoms with Crippen LogP contribution in [0.5, 0.6) is 0 Å². The summed E-state index contributed by atoms with van der Waals surface area (Å²) in [6.07, 6.45) is 11.0. The Morgan fingerprint density at radius 2 is 1.50 bits per heavy atom. The third-order valence-electron chi connectivity index (χ3n) is 5.35. The quantitative estimate of drug-likeness (QED) is 0.812. The Morgan fingerprint density at radius 3 is 2.28 bits per heavy atom. The second kappa shape index (κ2) is 5.89. The van der Waals surface area contributed by atoms with E-state index in [1.165, 1.54) is 77.5 Å². The highest BCUT2D eigenvalue weighted by molar-refractivity contribution is 4.93. The highest BCUT2D eigenvalue weighted by atomic mass is 15.3. The Balaban J connectivity index is 1.53. The van der Waals surface area contributed by atoms with Crippen molar-refractivity contribution in [1.29, 1.82) is 0 Å². The summed E-state index contributed by atoms with van der Waals surface area (Å²) < 4.78 is 0. The summed E-state index contributed by atoms with van der Waals surface area (Å²) in [6.45, 7) is 5.27. The monoisotopic (exact) mass is 251 g/mol. The molecule has 3 fully saturated rings. The first-order valence-electron chi connectivity index (χ1n) is 8.08. The molecule has 104 valence electrons. The van der Waals surface area contributed by atoms with E-state index in [0.29, 0.717) is 12.1 Å². The average molecular weight is 251 g/mol. The summed E-state index contributed by atoms with van der Waals surface area (Å²) in [4.78, 5) is 5.46. The molecule has 3 atom stereocenters. The van der Waals surface area contributed by atoms with Gasteiger partial charge in [-0.15, -0.1) is 0 Å². The first kappa shape index (κ1) is 12.9. The molecule has 0 bridgehead atoms. The second-order valence-corrected chi connectivity index (χ2v) is 6.55. The molecular formula is C15H29N3. The summed E-state index contributed by atoms with van der Waals surface area (Å²) >= 11 is 0. The fraction of sp³-hybridized carbons (Fsp3) is 1.00. The van der Waals surface area contributed by atoms with Crippen molar-refractivity contribution in [2.75, 3.05) is 26.2 Å². The van der Waals surface area contributed by atoms with Crippen LogP contribution >= 0.6 is 0 Å². The highest BCUT2D eigenvalue weighted by Crippen LogP contribution is 2.27. The van der Waals surface area contributed by atoms with E-state index >= 15 is 0 Å². The predicted octanol–water partition coefficient (Wildman–Crippen LogP) is 1.82. The smallest absolute Gasteiger partial charge is 0.0247 e. The molecule has 3 heteroatoms. The van der Waals surface area contributed by atoms with E-state index in [1.807, 2.05) is 0 Å². The van der Waals surface area contributed by atoms with Gasteiger partial charge in [0.15, 0.2) is 0 Å². The molecule has 2 aliphatic heterocycles. The number of hydrogen-bond acceptors (Lipinski definition) is 3. The molecule has 3 aliphatic rings. The first-order chi connectivity index (χ1) is 8.84. The Kier molecular flexibility index (Phi) is 4.22. The van der Waals surface area contributed by atoms with Crippen molar-refractivity contribution in [2.24, 2.45) is 5.73 Å². The van der Waals surface area contributed by atoms with Crippen LogP contribution in [-0.4, -0.2) is 54.1 Å². The van der Waals surface area contributed by atoms with E-state index < -0.39 is 0 Å². The summed E-state index contributed by atoms with van der Waals surface area (Å²) in [5.74, 6) is 0. The molecule has 0 amide bonds. The zero-order chi connectivity index (χ0) is 12.4. The van der Waals surface area contributed by atoms with Gasteiger partial charge in [0.05, 0.1) is 0 Å². The van der Waals surface area contributed by atoms with Crippen molar-refractivity contribution < 1.29 is 0 Å². The maximum Gasteiger partial charge on any atom is 0.0247 e. The molecule has 3 rings (SSSR count). The van der Waals surface area contributed by atoms with E-state index in [9.17, 15) is 0 Å². The van der Waals surface area contributed by atoms with Gasteiger partial charge in [-0.05, 0) is 45.2 Å². The molecule has 2 saturated heterocycles. The van der Waals surface area contributed by atoms with Crippen LogP contribution in [0, 0.1) is 0 Å². The van der Waals surface area contributed by atoms with Crippen molar-refractivity contribution >= 4 is 0 Å². The van der Waals surface area contributed by atoms with Crippen molar-refractivity contribution in [3.8, 4) is 0 Å². The van der Waals surface area contributed by atoms with E-state index in [2.05, 4.69) is 9.80 Å². The second-order valence-electron chi connectivity index (χ2n) is 6.55. The number of rotatable bonds is 2. The van der Waals surface area contributed by atoms with Crippen LogP contribution in [0.2, 0.25) is 0 Å². The standard InChI is InChI=1S/C15H29N3/c16-14-6-2-3-7-15(14)18-11-8-13(12-18)17-9-4-1-5-10-17/h13-15H,1-12,16H2. The topological polar surface area (TPSA) is 32.5 Å². The number of likely N-dealkylation sites (tertiary alicyclic amines) is 2. The minimum Gasteiger partial charge on any atom is -0.326 e. The average Bonchev–Trinajstić information content (AvgIpc) is 2.90. The highest BCUT2D eigenvalue weighted by Gasteiger charge is 2.35. The number of nitrogens with zero attached hydrogens (tertiary/aromatic N) is 2. The summed E-state index contributed by atoms with van der Waals surface area (Å²) in [7, 11) is 0. The maximum atomic E-state index is 6.33. The normalized spacial score (nSPS) is 40.2. The maximum absolute atomic E-state index is 6.33. The lowest BCUT2D eigenvalue weighted by atomic mass is 9.90. The third kappa shape index (κ3) is 2.73. The van der Waals surface area contributed by atoms with Crippen molar-refractivity contribution in [2.45, 2.75) is 69.5 Å². The van der Waals surface area contributed by atoms with Gasteiger partial charge in [-0.25, -0.2) is 0 Å². The molecule has 1 saturated carbocycles. The molecule has 2 heterocycles. The lowest BCUT2D eigenvalue weighted by molar-refractivity contribution is 0.131. The molecule has 3 nitrogen and oxygen atoms in total. The molecule has 2 N–H and O–H groups in total. The lowest BCUT2D eigenvalue weighted by Crippen LogP contribution is -2.50. The van der Waals surface area contributed by atoms with E-state index in [4.69, 9.17) is 5.73 Å². The van der Waals surface area contributed by atoms with Gasteiger partial charge in [0.1, 0.15) is 0 Å². The van der Waals surface area contributed by atoms with Crippen LogP contribution in [0.15, 0.2) is 0 Å².